The molecule has 9 nitrogen and oxygen atoms in total. The molecule has 0 unspecified atom stereocenters. The molecular formula is C23H28N6O3. The van der Waals surface area contributed by atoms with Crippen LogP contribution in [0.3, 0.4) is 0 Å². The Balaban J connectivity index is 1.41. The number of nitro groups is 1. The smallest absolute Gasteiger partial charge is 0.269 e. The van der Waals surface area contributed by atoms with Crippen molar-refractivity contribution in [3.05, 3.63) is 64.0 Å². The molecule has 0 spiro atoms. The summed E-state index contributed by atoms with van der Waals surface area (Å²) in [5, 5.41) is 13.6. The molecule has 1 N–H and O–H groups in total. The first-order valence-electron chi connectivity index (χ1n) is 10.9. The van der Waals surface area contributed by atoms with E-state index in [9.17, 15) is 14.9 Å². The number of likely N-dealkylation sites (N-methyl/N-ethyl adjacent to an activating group) is 1. The normalized spacial score (nSPS) is 15.2. The van der Waals surface area contributed by atoms with Gasteiger partial charge in [-0.3, -0.25) is 14.9 Å². The number of piperazine rings is 1. The van der Waals surface area contributed by atoms with E-state index in [2.05, 4.69) is 26.6 Å². The highest BCUT2D eigenvalue weighted by atomic mass is 16.6. The first-order valence-corrected chi connectivity index (χ1v) is 10.9. The van der Waals surface area contributed by atoms with Gasteiger partial charge in [0.05, 0.1) is 16.0 Å². The molecule has 1 amide bonds. The maximum Gasteiger partial charge on any atom is 0.269 e. The minimum absolute atomic E-state index is 0.0452. The number of hydrogen-bond donors (Lipinski definition) is 1. The van der Waals surface area contributed by atoms with Gasteiger partial charge in [-0.1, -0.05) is 6.92 Å². The van der Waals surface area contributed by atoms with Gasteiger partial charge in [-0.25, -0.2) is 4.98 Å². The number of rotatable bonds is 7. The van der Waals surface area contributed by atoms with E-state index in [-0.39, 0.29) is 11.6 Å². The number of aromatic nitrogens is 2. The van der Waals surface area contributed by atoms with Crippen LogP contribution in [-0.4, -0.2) is 69.4 Å². The average Bonchev–Trinajstić information content (AvgIpc) is 3.12. The summed E-state index contributed by atoms with van der Waals surface area (Å²) in [7, 11) is 2.02. The summed E-state index contributed by atoms with van der Waals surface area (Å²) >= 11 is 0. The molecule has 1 saturated heterocycles. The van der Waals surface area contributed by atoms with Gasteiger partial charge in [0, 0.05) is 69.6 Å². The number of benzene rings is 2. The maximum absolute atomic E-state index is 12.5. The van der Waals surface area contributed by atoms with Crippen LogP contribution in [0, 0.1) is 10.1 Å². The van der Waals surface area contributed by atoms with Gasteiger partial charge in [-0.05, 0) is 36.9 Å². The summed E-state index contributed by atoms with van der Waals surface area (Å²) in [6.07, 6.45) is 0.877. The summed E-state index contributed by atoms with van der Waals surface area (Å²) in [6.45, 7) is 8.73. The zero-order valence-corrected chi connectivity index (χ0v) is 18.5. The van der Waals surface area contributed by atoms with Crippen molar-refractivity contribution in [1.29, 1.82) is 0 Å². The Kier molecular flexibility index (Phi) is 6.48. The Hall–Kier alpha value is -3.30. The zero-order chi connectivity index (χ0) is 22.7. The van der Waals surface area contributed by atoms with E-state index in [4.69, 9.17) is 4.98 Å². The fraction of sp³-hybridized carbons (Fsp3) is 0.391. The highest BCUT2D eigenvalue weighted by molar-refractivity contribution is 6.05. The second-order valence-corrected chi connectivity index (χ2v) is 8.07. The van der Waals surface area contributed by atoms with E-state index < -0.39 is 4.92 Å². The molecule has 1 fully saturated rings. The lowest BCUT2D eigenvalue weighted by Gasteiger charge is -2.33. The van der Waals surface area contributed by atoms with Crippen LogP contribution in [0.5, 0.6) is 0 Å². The number of aryl methyl sites for hydroxylation is 1. The van der Waals surface area contributed by atoms with Gasteiger partial charge in [0.2, 0.25) is 0 Å². The molecule has 0 atom stereocenters. The average molecular weight is 437 g/mol. The maximum atomic E-state index is 12.5. The van der Waals surface area contributed by atoms with Crippen molar-refractivity contribution in [1.82, 2.24) is 19.4 Å². The molecule has 0 aliphatic carbocycles. The number of amides is 1. The van der Waals surface area contributed by atoms with Gasteiger partial charge in [0.25, 0.3) is 11.6 Å². The van der Waals surface area contributed by atoms with Gasteiger partial charge in [-0.15, -0.1) is 0 Å². The molecule has 1 aliphatic heterocycles. The number of carbonyl (C=O) groups excluding carboxylic acids is 1. The highest BCUT2D eigenvalue weighted by Gasteiger charge is 2.17. The zero-order valence-electron chi connectivity index (χ0n) is 18.5. The van der Waals surface area contributed by atoms with Gasteiger partial charge >= 0.3 is 0 Å². The van der Waals surface area contributed by atoms with Crippen LogP contribution in [0.25, 0.3) is 11.0 Å². The largest absolute Gasteiger partial charge is 0.331 e. The van der Waals surface area contributed by atoms with Crippen molar-refractivity contribution in [3.8, 4) is 0 Å². The van der Waals surface area contributed by atoms with Gasteiger partial charge in [-0.2, -0.15) is 0 Å². The second kappa shape index (κ2) is 9.46. The number of anilines is 1. The Labute approximate surface area is 186 Å². The second-order valence-electron chi connectivity index (χ2n) is 8.07. The summed E-state index contributed by atoms with van der Waals surface area (Å²) in [6, 6.07) is 11.2. The molecule has 4 rings (SSSR count). The Bertz CT molecular complexity index is 1120. The van der Waals surface area contributed by atoms with Crippen molar-refractivity contribution in [2.45, 2.75) is 13.3 Å². The third-order valence-corrected chi connectivity index (χ3v) is 6.14. The first-order chi connectivity index (χ1) is 15.4. The lowest BCUT2D eigenvalue weighted by atomic mass is 10.2. The molecule has 0 radical (unpaired) electrons. The van der Waals surface area contributed by atoms with E-state index in [1.807, 2.05) is 25.2 Å². The Morgan fingerprint density at radius 1 is 1.09 bits per heavy atom. The molecule has 9 heteroatoms. The molecule has 0 saturated carbocycles. The predicted molar refractivity (Wildman–Crippen MR) is 124 cm³/mol. The van der Waals surface area contributed by atoms with Gasteiger partial charge in [0.1, 0.15) is 5.82 Å². The van der Waals surface area contributed by atoms with Crippen LogP contribution in [0.15, 0.2) is 42.5 Å². The summed E-state index contributed by atoms with van der Waals surface area (Å²) < 4.78 is 2.11. The molecule has 0 bridgehead atoms. The minimum Gasteiger partial charge on any atom is -0.331 e. The number of imidazole rings is 1. The van der Waals surface area contributed by atoms with E-state index in [1.54, 1.807) is 0 Å². The fourth-order valence-corrected chi connectivity index (χ4v) is 4.08. The number of nitrogens with one attached hydrogen (secondary N) is 1. The highest BCUT2D eigenvalue weighted by Crippen LogP contribution is 2.21. The molecule has 2 aromatic carbocycles. The summed E-state index contributed by atoms with van der Waals surface area (Å²) in [5.74, 6) is 0.707. The predicted octanol–water partition coefficient (Wildman–Crippen LogP) is 2.91. The van der Waals surface area contributed by atoms with E-state index in [0.717, 1.165) is 62.5 Å². The topological polar surface area (TPSA) is 96.5 Å². The minimum atomic E-state index is -0.487. The van der Waals surface area contributed by atoms with Crippen molar-refractivity contribution in [2.24, 2.45) is 7.05 Å². The quantitative estimate of drug-likeness (QED) is 0.452. The molecule has 1 aliphatic rings. The Morgan fingerprint density at radius 3 is 2.44 bits per heavy atom. The van der Waals surface area contributed by atoms with Crippen LogP contribution in [0.1, 0.15) is 23.1 Å². The molecular weight excluding hydrogens is 408 g/mol. The van der Waals surface area contributed by atoms with Crippen LogP contribution < -0.4 is 5.32 Å². The van der Waals surface area contributed by atoms with Crippen LogP contribution in [-0.2, 0) is 13.5 Å². The first kappa shape index (κ1) is 21.9. The number of nitrogens with zero attached hydrogens (tertiary/aromatic N) is 5. The van der Waals surface area contributed by atoms with Crippen molar-refractivity contribution < 1.29 is 9.72 Å². The third kappa shape index (κ3) is 4.79. The number of hydrogen-bond acceptors (Lipinski definition) is 6. The van der Waals surface area contributed by atoms with Crippen molar-refractivity contribution in [2.75, 3.05) is 44.6 Å². The number of carbonyl (C=O) groups is 1. The summed E-state index contributed by atoms with van der Waals surface area (Å²) in [4.78, 5) is 32.6. The van der Waals surface area contributed by atoms with Gasteiger partial charge < -0.3 is 19.7 Å². The van der Waals surface area contributed by atoms with E-state index in [0.29, 0.717) is 11.3 Å². The SMILES string of the molecule is CCN1CCN(CCc2nc3cc(NC(=O)c4ccc([N+](=O)[O-])cc4)ccc3n2C)CC1. The molecule has 1 aromatic heterocycles. The lowest BCUT2D eigenvalue weighted by Crippen LogP contribution is -2.46. The standard InChI is InChI=1S/C23H28N6O3/c1-3-27-12-14-28(15-13-27)11-10-22-25-20-16-18(6-9-21(20)26(22)2)24-23(30)17-4-7-19(8-5-17)29(31)32/h4-9,16H,3,10-15H2,1-2H3,(H,24,30). The molecule has 32 heavy (non-hydrogen) atoms. The van der Waals surface area contributed by atoms with E-state index >= 15 is 0 Å². The van der Waals surface area contributed by atoms with Crippen LogP contribution >= 0.6 is 0 Å². The van der Waals surface area contributed by atoms with Crippen LogP contribution in [0.2, 0.25) is 0 Å². The molecule has 2 heterocycles. The van der Waals surface area contributed by atoms with Gasteiger partial charge in [0.15, 0.2) is 0 Å². The lowest BCUT2D eigenvalue weighted by molar-refractivity contribution is -0.384. The number of nitro benzene ring substituents is 1. The number of fused-ring (bicyclic) bond motifs is 1. The van der Waals surface area contributed by atoms with Crippen molar-refractivity contribution >= 4 is 28.3 Å². The van der Waals surface area contributed by atoms with Crippen molar-refractivity contribution in [3.63, 3.8) is 0 Å². The molecule has 168 valence electrons. The summed E-state index contributed by atoms with van der Waals surface area (Å²) in [5.41, 5.74) is 2.81. The number of non-ortho nitro benzene ring substituents is 1. The third-order valence-electron chi connectivity index (χ3n) is 6.14. The fourth-order valence-electron chi connectivity index (χ4n) is 4.08. The van der Waals surface area contributed by atoms with E-state index in [1.165, 1.54) is 24.3 Å². The van der Waals surface area contributed by atoms with Crippen LogP contribution in [0.4, 0.5) is 11.4 Å². The molecule has 3 aromatic rings. The monoisotopic (exact) mass is 436 g/mol. The Morgan fingerprint density at radius 2 is 1.78 bits per heavy atom.